The maximum absolute atomic E-state index is 11.7. The number of carbonyl (C=O) groups excluding carboxylic acids is 2. The monoisotopic (exact) mass is 275 g/mol. The number of hydrogen-bond donors (Lipinski definition) is 1. The maximum Gasteiger partial charge on any atom is 0.315 e. The highest BCUT2D eigenvalue weighted by Crippen LogP contribution is 2.11. The first-order valence-electron chi connectivity index (χ1n) is 6.62. The molecule has 0 aliphatic heterocycles. The molecule has 1 N–H and O–H groups in total. The Labute approximate surface area is 119 Å². The van der Waals surface area contributed by atoms with E-state index in [1.165, 1.54) is 0 Å². The standard InChI is InChI=1S/C16H21NO3/c1-12(2)9-10-20-16(19)11-15(18)17-13(3)14-7-5-4-6-8-14/h4-9,13H,10-11H2,1-3H3,(H,17,18)/t13-/m1/s1. The van der Waals surface area contributed by atoms with E-state index >= 15 is 0 Å². The van der Waals surface area contributed by atoms with Gasteiger partial charge in [-0.1, -0.05) is 35.9 Å². The fourth-order valence-corrected chi connectivity index (χ4v) is 1.60. The summed E-state index contributed by atoms with van der Waals surface area (Å²) in [6.07, 6.45) is 1.54. The van der Waals surface area contributed by atoms with Gasteiger partial charge in [0.05, 0.1) is 6.04 Å². The summed E-state index contributed by atoms with van der Waals surface area (Å²) < 4.78 is 4.93. The average Bonchev–Trinajstić information content (AvgIpc) is 2.38. The highest BCUT2D eigenvalue weighted by atomic mass is 16.5. The van der Waals surface area contributed by atoms with E-state index in [1.807, 2.05) is 51.1 Å². The largest absolute Gasteiger partial charge is 0.461 e. The molecule has 1 atom stereocenters. The predicted molar refractivity (Wildman–Crippen MR) is 78.0 cm³/mol. The van der Waals surface area contributed by atoms with Crippen molar-refractivity contribution in [2.24, 2.45) is 0 Å². The molecule has 0 saturated heterocycles. The summed E-state index contributed by atoms with van der Waals surface area (Å²) in [5.41, 5.74) is 2.07. The number of allylic oxidation sites excluding steroid dienone is 1. The van der Waals surface area contributed by atoms with Gasteiger partial charge >= 0.3 is 5.97 Å². The lowest BCUT2D eigenvalue weighted by molar-refractivity contribution is -0.145. The molecule has 20 heavy (non-hydrogen) atoms. The maximum atomic E-state index is 11.7. The third kappa shape index (κ3) is 6.18. The van der Waals surface area contributed by atoms with Gasteiger partial charge in [0.25, 0.3) is 0 Å². The smallest absolute Gasteiger partial charge is 0.315 e. The van der Waals surface area contributed by atoms with E-state index in [2.05, 4.69) is 5.32 Å². The Balaban J connectivity index is 2.36. The Kier molecular flexibility index (Phi) is 6.50. The van der Waals surface area contributed by atoms with Gasteiger partial charge in [0.15, 0.2) is 0 Å². The normalized spacial score (nSPS) is 11.3. The summed E-state index contributed by atoms with van der Waals surface area (Å²) in [4.78, 5) is 23.1. The molecule has 0 aromatic heterocycles. The van der Waals surface area contributed by atoms with E-state index in [1.54, 1.807) is 6.08 Å². The fourth-order valence-electron chi connectivity index (χ4n) is 1.60. The summed E-state index contributed by atoms with van der Waals surface area (Å²) in [6.45, 7) is 5.93. The lowest BCUT2D eigenvalue weighted by atomic mass is 10.1. The first-order valence-corrected chi connectivity index (χ1v) is 6.62. The van der Waals surface area contributed by atoms with Crippen molar-refractivity contribution in [1.82, 2.24) is 5.32 Å². The van der Waals surface area contributed by atoms with Crippen LogP contribution in [0.25, 0.3) is 0 Å². The minimum Gasteiger partial charge on any atom is -0.461 e. The van der Waals surface area contributed by atoms with E-state index in [0.717, 1.165) is 11.1 Å². The molecular formula is C16H21NO3. The highest BCUT2D eigenvalue weighted by Gasteiger charge is 2.13. The van der Waals surface area contributed by atoms with Crippen LogP contribution in [-0.4, -0.2) is 18.5 Å². The van der Waals surface area contributed by atoms with E-state index in [0.29, 0.717) is 0 Å². The van der Waals surface area contributed by atoms with Crippen molar-refractivity contribution in [3.05, 3.63) is 47.5 Å². The van der Waals surface area contributed by atoms with Crippen molar-refractivity contribution in [3.63, 3.8) is 0 Å². The molecule has 0 bridgehead atoms. The van der Waals surface area contributed by atoms with Gasteiger partial charge in [-0.15, -0.1) is 0 Å². The molecular weight excluding hydrogens is 254 g/mol. The molecule has 1 rings (SSSR count). The number of nitrogens with one attached hydrogen (secondary N) is 1. The average molecular weight is 275 g/mol. The molecule has 0 spiro atoms. The van der Waals surface area contributed by atoms with Crippen molar-refractivity contribution < 1.29 is 14.3 Å². The minimum absolute atomic E-state index is 0.130. The summed E-state index contributed by atoms with van der Waals surface area (Å²) in [5, 5.41) is 2.77. The molecule has 0 heterocycles. The number of amides is 1. The SMILES string of the molecule is CC(C)=CCOC(=O)CC(=O)N[C@H](C)c1ccccc1. The molecule has 1 aromatic rings. The van der Waals surface area contributed by atoms with Crippen molar-refractivity contribution in [1.29, 1.82) is 0 Å². The van der Waals surface area contributed by atoms with Gasteiger partial charge in [-0.25, -0.2) is 0 Å². The van der Waals surface area contributed by atoms with Gasteiger partial charge in [0.2, 0.25) is 5.91 Å². The number of ether oxygens (including phenoxy) is 1. The predicted octanol–water partition coefficient (Wildman–Crippen LogP) is 2.76. The van der Waals surface area contributed by atoms with Crippen LogP contribution in [0.4, 0.5) is 0 Å². The molecule has 108 valence electrons. The Hall–Kier alpha value is -2.10. The Morgan fingerprint density at radius 1 is 1.25 bits per heavy atom. The van der Waals surface area contributed by atoms with Crippen molar-refractivity contribution >= 4 is 11.9 Å². The molecule has 1 amide bonds. The molecule has 4 nitrogen and oxygen atoms in total. The number of esters is 1. The van der Waals surface area contributed by atoms with Gasteiger partial charge in [0, 0.05) is 0 Å². The summed E-state index contributed by atoms with van der Waals surface area (Å²) in [6, 6.07) is 9.46. The Bertz CT molecular complexity index is 476. The van der Waals surface area contributed by atoms with Crippen LogP contribution in [0.15, 0.2) is 42.0 Å². The van der Waals surface area contributed by atoms with E-state index in [4.69, 9.17) is 4.74 Å². The van der Waals surface area contributed by atoms with Crippen molar-refractivity contribution in [2.45, 2.75) is 33.2 Å². The van der Waals surface area contributed by atoms with E-state index in [9.17, 15) is 9.59 Å². The van der Waals surface area contributed by atoms with Gasteiger partial charge in [0.1, 0.15) is 13.0 Å². The number of carbonyl (C=O) groups is 2. The second kappa shape index (κ2) is 8.15. The first-order chi connectivity index (χ1) is 9.49. The van der Waals surface area contributed by atoms with E-state index < -0.39 is 5.97 Å². The fraction of sp³-hybridized carbons (Fsp3) is 0.375. The van der Waals surface area contributed by atoms with Crippen LogP contribution >= 0.6 is 0 Å². The van der Waals surface area contributed by atoms with Crippen molar-refractivity contribution in [2.75, 3.05) is 6.61 Å². The van der Waals surface area contributed by atoms with Crippen LogP contribution in [0, 0.1) is 0 Å². The minimum atomic E-state index is -0.514. The number of rotatable bonds is 6. The van der Waals surface area contributed by atoms with Crippen LogP contribution in [-0.2, 0) is 14.3 Å². The zero-order valence-electron chi connectivity index (χ0n) is 12.2. The molecule has 0 radical (unpaired) electrons. The Morgan fingerprint density at radius 3 is 2.50 bits per heavy atom. The quantitative estimate of drug-likeness (QED) is 0.493. The molecule has 0 saturated carbocycles. The van der Waals surface area contributed by atoms with Crippen LogP contribution in [0.2, 0.25) is 0 Å². The van der Waals surface area contributed by atoms with Gasteiger partial charge in [-0.2, -0.15) is 0 Å². The Morgan fingerprint density at radius 2 is 1.90 bits per heavy atom. The summed E-state index contributed by atoms with van der Waals surface area (Å²) in [5.74, 6) is -0.844. The topological polar surface area (TPSA) is 55.4 Å². The first kappa shape index (κ1) is 16.0. The van der Waals surface area contributed by atoms with Gasteiger partial charge in [-0.05, 0) is 32.4 Å². The third-order valence-electron chi connectivity index (χ3n) is 2.72. The molecule has 0 fully saturated rings. The molecule has 0 aliphatic rings. The zero-order chi connectivity index (χ0) is 15.0. The molecule has 0 unspecified atom stereocenters. The highest BCUT2D eigenvalue weighted by molar-refractivity contribution is 5.94. The number of hydrogen-bond acceptors (Lipinski definition) is 3. The van der Waals surface area contributed by atoms with Crippen LogP contribution in [0.5, 0.6) is 0 Å². The zero-order valence-corrected chi connectivity index (χ0v) is 12.2. The molecule has 4 heteroatoms. The lowest BCUT2D eigenvalue weighted by Gasteiger charge is -2.13. The van der Waals surface area contributed by atoms with Crippen molar-refractivity contribution in [3.8, 4) is 0 Å². The second-order valence-corrected chi connectivity index (χ2v) is 4.84. The molecule has 0 aliphatic carbocycles. The summed E-state index contributed by atoms with van der Waals surface area (Å²) >= 11 is 0. The third-order valence-corrected chi connectivity index (χ3v) is 2.72. The van der Waals surface area contributed by atoms with E-state index in [-0.39, 0.29) is 25.0 Å². The molecule has 1 aromatic carbocycles. The van der Waals surface area contributed by atoms with Gasteiger partial charge < -0.3 is 10.1 Å². The van der Waals surface area contributed by atoms with Crippen LogP contribution < -0.4 is 5.32 Å². The van der Waals surface area contributed by atoms with Crippen LogP contribution in [0.3, 0.4) is 0 Å². The second-order valence-electron chi connectivity index (χ2n) is 4.84. The lowest BCUT2D eigenvalue weighted by Crippen LogP contribution is -2.29. The van der Waals surface area contributed by atoms with Gasteiger partial charge in [-0.3, -0.25) is 9.59 Å². The summed E-state index contributed by atoms with van der Waals surface area (Å²) in [7, 11) is 0. The van der Waals surface area contributed by atoms with Crippen LogP contribution in [0.1, 0.15) is 38.8 Å². The number of benzene rings is 1.